The van der Waals surface area contributed by atoms with Crippen molar-refractivity contribution in [1.29, 1.82) is 0 Å². The lowest BCUT2D eigenvalue weighted by atomic mass is 10.0. The van der Waals surface area contributed by atoms with E-state index >= 15 is 0 Å². The predicted molar refractivity (Wildman–Crippen MR) is 67.2 cm³/mol. The fourth-order valence-electron chi connectivity index (χ4n) is 2.09. The topological polar surface area (TPSA) is 66.4 Å². The van der Waals surface area contributed by atoms with Gasteiger partial charge in [0.05, 0.1) is 12.5 Å². The maximum Gasteiger partial charge on any atom is 0.305 e. The first-order valence-electron chi connectivity index (χ1n) is 6.15. The highest BCUT2D eigenvalue weighted by molar-refractivity contribution is 5.75. The van der Waals surface area contributed by atoms with Crippen LogP contribution in [0, 0.1) is 0 Å². The highest BCUT2D eigenvalue weighted by Gasteiger charge is 2.24. The Morgan fingerprint density at radius 2 is 1.94 bits per heavy atom. The molecule has 1 saturated carbocycles. The van der Waals surface area contributed by atoms with Crippen LogP contribution in [0.4, 0.5) is 0 Å². The van der Waals surface area contributed by atoms with Gasteiger partial charge in [-0.25, -0.2) is 0 Å². The number of amides is 1. The number of carboxylic acid groups (broad SMARTS) is 1. The summed E-state index contributed by atoms with van der Waals surface area (Å²) in [5.74, 6) is -0.453. The third kappa shape index (κ3) is 3.32. The van der Waals surface area contributed by atoms with E-state index < -0.39 is 12.0 Å². The van der Waals surface area contributed by atoms with Crippen LogP contribution in [0.5, 0.6) is 0 Å². The zero-order chi connectivity index (χ0) is 13.1. The van der Waals surface area contributed by atoms with Crippen LogP contribution in [0.25, 0.3) is 0 Å². The van der Waals surface area contributed by atoms with E-state index in [1.165, 1.54) is 25.3 Å². The third-order valence-electron chi connectivity index (χ3n) is 3.14. The molecule has 0 aromatic heterocycles. The van der Waals surface area contributed by atoms with Crippen molar-refractivity contribution in [2.24, 2.45) is 0 Å². The predicted octanol–water partition coefficient (Wildman–Crippen LogP) is 2.22. The number of hydrogen-bond acceptors (Lipinski definition) is 2. The largest absolute Gasteiger partial charge is 0.481 e. The van der Waals surface area contributed by atoms with Crippen LogP contribution >= 0.6 is 0 Å². The molecule has 1 fully saturated rings. The number of nitrogens with one attached hydrogen (secondary N) is 1. The highest BCUT2D eigenvalue weighted by Crippen LogP contribution is 2.40. The van der Waals surface area contributed by atoms with Gasteiger partial charge in [-0.15, -0.1) is 0 Å². The lowest BCUT2D eigenvalue weighted by Gasteiger charge is -2.16. The first-order valence-corrected chi connectivity index (χ1v) is 6.15. The number of carbonyl (C=O) groups is 2. The normalized spacial score (nSPS) is 16.1. The van der Waals surface area contributed by atoms with Crippen molar-refractivity contribution in [2.75, 3.05) is 0 Å². The zero-order valence-electron chi connectivity index (χ0n) is 10.3. The van der Waals surface area contributed by atoms with Crippen molar-refractivity contribution < 1.29 is 14.7 Å². The van der Waals surface area contributed by atoms with E-state index in [0.717, 1.165) is 5.56 Å². The molecule has 1 aromatic rings. The molecule has 2 N–H and O–H groups in total. The van der Waals surface area contributed by atoms with E-state index in [1.807, 2.05) is 24.3 Å². The molecular formula is C14H17NO3. The van der Waals surface area contributed by atoms with Gasteiger partial charge in [0, 0.05) is 6.92 Å². The number of rotatable bonds is 5. The molecule has 0 heterocycles. The Labute approximate surface area is 106 Å². The fourth-order valence-corrected chi connectivity index (χ4v) is 2.09. The molecule has 1 aliphatic carbocycles. The standard InChI is InChI=1S/C14H17NO3/c1-9(16)15-13(8-14(17)18)12-6-4-11(5-7-12)10-2-3-10/h4-7,10,13H,2-3,8H2,1H3,(H,15,16)(H,17,18)/t13-/m0/s1. The van der Waals surface area contributed by atoms with E-state index in [2.05, 4.69) is 5.32 Å². The summed E-state index contributed by atoms with van der Waals surface area (Å²) in [7, 11) is 0. The zero-order valence-corrected chi connectivity index (χ0v) is 10.3. The molecule has 4 heteroatoms. The molecule has 0 spiro atoms. The molecule has 0 unspecified atom stereocenters. The van der Waals surface area contributed by atoms with Gasteiger partial charge in [-0.1, -0.05) is 24.3 Å². The molecule has 1 aliphatic rings. The van der Waals surface area contributed by atoms with Gasteiger partial charge >= 0.3 is 5.97 Å². The van der Waals surface area contributed by atoms with E-state index in [-0.39, 0.29) is 12.3 Å². The first kappa shape index (κ1) is 12.6. The maximum atomic E-state index is 11.1. The van der Waals surface area contributed by atoms with Crippen LogP contribution in [0.15, 0.2) is 24.3 Å². The minimum Gasteiger partial charge on any atom is -0.481 e. The smallest absolute Gasteiger partial charge is 0.305 e. The Hall–Kier alpha value is -1.84. The summed E-state index contributed by atoms with van der Waals surface area (Å²) in [5.41, 5.74) is 2.15. The second-order valence-corrected chi connectivity index (χ2v) is 4.79. The number of benzene rings is 1. The summed E-state index contributed by atoms with van der Waals surface area (Å²) in [6.45, 7) is 1.40. The molecule has 0 radical (unpaired) electrons. The SMILES string of the molecule is CC(=O)N[C@@H](CC(=O)O)c1ccc(C2CC2)cc1. The summed E-state index contributed by atoms with van der Waals surface area (Å²) < 4.78 is 0. The van der Waals surface area contributed by atoms with Crippen LogP contribution < -0.4 is 5.32 Å². The van der Waals surface area contributed by atoms with Gasteiger partial charge in [0.2, 0.25) is 5.91 Å². The first-order chi connectivity index (χ1) is 8.56. The Kier molecular flexibility index (Phi) is 3.65. The summed E-state index contributed by atoms with van der Waals surface area (Å²) in [5, 5.41) is 11.5. The summed E-state index contributed by atoms with van der Waals surface area (Å²) >= 11 is 0. The average molecular weight is 247 g/mol. The van der Waals surface area contributed by atoms with Crippen molar-refractivity contribution in [3.63, 3.8) is 0 Å². The van der Waals surface area contributed by atoms with Gasteiger partial charge in [0.15, 0.2) is 0 Å². The molecule has 0 aliphatic heterocycles. The van der Waals surface area contributed by atoms with Crippen molar-refractivity contribution >= 4 is 11.9 Å². The second kappa shape index (κ2) is 5.21. The van der Waals surface area contributed by atoms with Crippen LogP contribution in [-0.2, 0) is 9.59 Å². The summed E-state index contributed by atoms with van der Waals surface area (Å²) in [6.07, 6.45) is 2.38. The van der Waals surface area contributed by atoms with E-state index in [1.54, 1.807) is 0 Å². The summed E-state index contributed by atoms with van der Waals surface area (Å²) in [6, 6.07) is 7.44. The summed E-state index contributed by atoms with van der Waals surface area (Å²) in [4.78, 5) is 21.9. The van der Waals surface area contributed by atoms with Gasteiger partial charge in [-0.05, 0) is 29.9 Å². The van der Waals surface area contributed by atoms with E-state index in [0.29, 0.717) is 5.92 Å². The van der Waals surface area contributed by atoms with E-state index in [4.69, 9.17) is 5.11 Å². The highest BCUT2D eigenvalue weighted by atomic mass is 16.4. The van der Waals surface area contributed by atoms with Crippen molar-refractivity contribution in [2.45, 2.75) is 38.1 Å². The molecule has 96 valence electrons. The van der Waals surface area contributed by atoms with Gasteiger partial charge in [-0.3, -0.25) is 9.59 Å². The van der Waals surface area contributed by atoms with Crippen molar-refractivity contribution in [3.8, 4) is 0 Å². The van der Waals surface area contributed by atoms with Gasteiger partial charge in [-0.2, -0.15) is 0 Å². The van der Waals surface area contributed by atoms with Crippen molar-refractivity contribution in [3.05, 3.63) is 35.4 Å². The van der Waals surface area contributed by atoms with Crippen molar-refractivity contribution in [1.82, 2.24) is 5.32 Å². The molecule has 4 nitrogen and oxygen atoms in total. The molecule has 0 saturated heterocycles. The van der Waals surface area contributed by atoms with Crippen LogP contribution in [0.3, 0.4) is 0 Å². The van der Waals surface area contributed by atoms with Gasteiger partial charge < -0.3 is 10.4 Å². The Morgan fingerprint density at radius 3 is 2.39 bits per heavy atom. The molecule has 0 bridgehead atoms. The number of aliphatic carboxylic acids is 1. The monoisotopic (exact) mass is 247 g/mol. The Morgan fingerprint density at radius 1 is 1.33 bits per heavy atom. The Balaban J connectivity index is 2.12. The number of carbonyl (C=O) groups excluding carboxylic acids is 1. The lowest BCUT2D eigenvalue weighted by molar-refractivity contribution is -0.137. The second-order valence-electron chi connectivity index (χ2n) is 4.79. The quantitative estimate of drug-likeness (QED) is 0.838. The lowest BCUT2D eigenvalue weighted by Crippen LogP contribution is -2.27. The maximum absolute atomic E-state index is 11.1. The van der Waals surface area contributed by atoms with Crippen LogP contribution in [-0.4, -0.2) is 17.0 Å². The minimum absolute atomic E-state index is 0.0949. The molecule has 1 amide bonds. The molecule has 18 heavy (non-hydrogen) atoms. The number of carboxylic acids is 1. The Bertz CT molecular complexity index is 433. The van der Waals surface area contributed by atoms with Crippen LogP contribution in [0.2, 0.25) is 0 Å². The minimum atomic E-state index is -0.917. The molecule has 1 atom stereocenters. The van der Waals surface area contributed by atoms with E-state index in [9.17, 15) is 9.59 Å². The third-order valence-corrected chi connectivity index (χ3v) is 3.14. The van der Waals surface area contributed by atoms with Gasteiger partial charge in [0.1, 0.15) is 0 Å². The molecule has 1 aromatic carbocycles. The van der Waals surface area contributed by atoms with Crippen LogP contribution in [0.1, 0.15) is 49.3 Å². The molecular weight excluding hydrogens is 230 g/mol. The number of hydrogen-bond donors (Lipinski definition) is 2. The van der Waals surface area contributed by atoms with Gasteiger partial charge in [0.25, 0.3) is 0 Å². The molecule has 2 rings (SSSR count). The average Bonchev–Trinajstić information content (AvgIpc) is 3.11. The fraction of sp³-hybridized carbons (Fsp3) is 0.429.